The maximum Gasteiger partial charge on any atom is 0.270 e. The smallest absolute Gasteiger partial charge is 0.259 e. The molecule has 6 nitrogen and oxygen atoms in total. The van der Waals surface area contributed by atoms with Crippen LogP contribution in [-0.2, 0) is 0 Å². The van der Waals surface area contributed by atoms with E-state index in [0.29, 0.717) is 11.8 Å². The zero-order valence-electron chi connectivity index (χ0n) is 7.29. The summed E-state index contributed by atoms with van der Waals surface area (Å²) in [5.74, 6) is 0. The highest BCUT2D eigenvalue weighted by molar-refractivity contribution is 6.32. The highest BCUT2D eigenvalue weighted by Crippen LogP contribution is 2.23. The molecule has 1 aromatic rings. The molecule has 0 radical (unpaired) electrons. The summed E-state index contributed by atoms with van der Waals surface area (Å²) in [4.78, 5) is 19.1. The number of hydrogen-bond acceptors (Lipinski definition) is 4. The largest absolute Gasteiger partial charge is 0.270 e. The molecule has 0 bridgehead atoms. The molecule has 0 N–H and O–H groups in total. The van der Waals surface area contributed by atoms with Crippen molar-refractivity contribution in [1.82, 2.24) is 0 Å². The molecule has 0 aliphatic rings. The van der Waals surface area contributed by atoms with Crippen LogP contribution in [0.25, 0.3) is 6.08 Å². The molecule has 0 amide bonds. The normalized spacial score (nSPS) is 10.5. The van der Waals surface area contributed by atoms with Crippen LogP contribution in [0.15, 0.2) is 24.4 Å². The average molecular weight is 229 g/mol. The Morgan fingerprint density at radius 1 is 1.27 bits per heavy atom. The van der Waals surface area contributed by atoms with E-state index in [0.717, 1.165) is 6.07 Å². The molecule has 0 atom stereocenters. The summed E-state index contributed by atoms with van der Waals surface area (Å²) in [6, 6.07) is 3.72. The summed E-state index contributed by atoms with van der Waals surface area (Å²) in [5.41, 5.74) is 0.206. The van der Waals surface area contributed by atoms with Gasteiger partial charge in [0.05, 0.1) is 14.9 Å². The average Bonchev–Trinajstić information content (AvgIpc) is 2.15. The number of halogens is 1. The molecule has 0 heterocycles. The zero-order chi connectivity index (χ0) is 11.4. The van der Waals surface area contributed by atoms with E-state index in [-0.39, 0.29) is 10.7 Å². The molecular weight excluding hydrogens is 224 g/mol. The van der Waals surface area contributed by atoms with Gasteiger partial charge in [-0.05, 0) is 11.6 Å². The monoisotopic (exact) mass is 228 g/mol. The minimum Gasteiger partial charge on any atom is -0.259 e. The van der Waals surface area contributed by atoms with Crippen molar-refractivity contribution in [1.29, 1.82) is 0 Å². The van der Waals surface area contributed by atoms with Gasteiger partial charge in [0.15, 0.2) is 0 Å². The van der Waals surface area contributed by atoms with Gasteiger partial charge in [-0.1, -0.05) is 11.6 Å². The molecular formula is C8H5ClN2O4. The van der Waals surface area contributed by atoms with E-state index < -0.39 is 9.85 Å². The molecule has 0 saturated carbocycles. The molecule has 1 aromatic carbocycles. The van der Waals surface area contributed by atoms with Crippen molar-refractivity contribution in [2.75, 3.05) is 0 Å². The molecule has 0 aliphatic carbocycles. The van der Waals surface area contributed by atoms with Crippen molar-refractivity contribution >= 4 is 23.4 Å². The van der Waals surface area contributed by atoms with E-state index >= 15 is 0 Å². The third-order valence-electron chi connectivity index (χ3n) is 1.57. The molecule has 7 heteroatoms. The summed E-state index contributed by atoms with van der Waals surface area (Å²) < 4.78 is 0. The fraction of sp³-hybridized carbons (Fsp3) is 0. The van der Waals surface area contributed by atoms with Crippen LogP contribution in [0, 0.1) is 20.2 Å². The van der Waals surface area contributed by atoms with Crippen molar-refractivity contribution in [2.24, 2.45) is 0 Å². The van der Waals surface area contributed by atoms with Crippen LogP contribution in [0.1, 0.15) is 5.56 Å². The summed E-state index contributed by atoms with van der Waals surface area (Å²) in [5, 5.41) is 20.5. The Morgan fingerprint density at radius 2 is 1.93 bits per heavy atom. The third-order valence-corrected chi connectivity index (χ3v) is 1.90. The fourth-order valence-electron chi connectivity index (χ4n) is 0.906. The first-order valence-corrected chi connectivity index (χ1v) is 4.14. The number of nitrogens with zero attached hydrogens (tertiary/aromatic N) is 2. The molecule has 15 heavy (non-hydrogen) atoms. The summed E-state index contributed by atoms with van der Waals surface area (Å²) >= 11 is 5.68. The summed E-state index contributed by atoms with van der Waals surface area (Å²) in [6.07, 6.45) is 1.89. The Hall–Kier alpha value is -1.95. The van der Waals surface area contributed by atoms with Crippen LogP contribution < -0.4 is 0 Å². The summed E-state index contributed by atoms with van der Waals surface area (Å²) in [6.45, 7) is 0. The van der Waals surface area contributed by atoms with Crippen LogP contribution >= 0.6 is 11.6 Å². The van der Waals surface area contributed by atoms with Crippen LogP contribution in [-0.4, -0.2) is 9.85 Å². The minimum atomic E-state index is -0.641. The molecule has 1 rings (SSSR count). The first kappa shape index (κ1) is 11.1. The number of non-ortho nitro benzene ring substituents is 1. The number of nitro groups is 2. The molecule has 78 valence electrons. The Kier molecular flexibility index (Phi) is 3.35. The van der Waals surface area contributed by atoms with E-state index in [1.807, 2.05) is 0 Å². The first-order valence-electron chi connectivity index (χ1n) is 3.76. The predicted molar refractivity (Wildman–Crippen MR) is 54.1 cm³/mol. The lowest BCUT2D eigenvalue weighted by Crippen LogP contribution is -1.88. The predicted octanol–water partition coefficient (Wildman–Crippen LogP) is 2.50. The van der Waals surface area contributed by atoms with Crippen molar-refractivity contribution in [2.45, 2.75) is 0 Å². The lowest BCUT2D eigenvalue weighted by Gasteiger charge is -1.96. The Bertz CT molecular complexity index is 444. The maximum absolute atomic E-state index is 10.4. The quantitative estimate of drug-likeness (QED) is 0.587. The lowest BCUT2D eigenvalue weighted by molar-refractivity contribution is -0.400. The van der Waals surface area contributed by atoms with Gasteiger partial charge in [-0.25, -0.2) is 0 Å². The molecule has 0 aliphatic heterocycles. The van der Waals surface area contributed by atoms with Crippen molar-refractivity contribution < 1.29 is 9.85 Å². The van der Waals surface area contributed by atoms with Gasteiger partial charge in [0, 0.05) is 18.2 Å². The Balaban J connectivity index is 3.03. The van der Waals surface area contributed by atoms with Crippen LogP contribution in [0.2, 0.25) is 5.02 Å². The fourth-order valence-corrected chi connectivity index (χ4v) is 1.14. The summed E-state index contributed by atoms with van der Waals surface area (Å²) in [7, 11) is 0. The van der Waals surface area contributed by atoms with Gasteiger partial charge < -0.3 is 0 Å². The van der Waals surface area contributed by atoms with Crippen molar-refractivity contribution in [3.63, 3.8) is 0 Å². The topological polar surface area (TPSA) is 86.3 Å². The Morgan fingerprint density at radius 3 is 2.40 bits per heavy atom. The number of nitro benzene ring substituents is 1. The standard InChI is InChI=1S/C8H5ClN2O4/c9-8-5-7(11(14)15)2-1-6(8)3-4-10(12)13/h1-5H. The second-order valence-corrected chi connectivity index (χ2v) is 2.97. The molecule has 0 saturated heterocycles. The van der Waals surface area contributed by atoms with Gasteiger partial charge >= 0.3 is 0 Å². The highest BCUT2D eigenvalue weighted by Gasteiger charge is 2.08. The van der Waals surface area contributed by atoms with E-state index in [9.17, 15) is 20.2 Å². The molecule has 0 unspecified atom stereocenters. The van der Waals surface area contributed by atoms with Crippen LogP contribution in [0.4, 0.5) is 5.69 Å². The van der Waals surface area contributed by atoms with Crippen molar-refractivity contribution in [3.8, 4) is 0 Å². The third kappa shape index (κ3) is 3.03. The van der Waals surface area contributed by atoms with Crippen molar-refractivity contribution in [3.05, 3.63) is 55.2 Å². The van der Waals surface area contributed by atoms with E-state index in [2.05, 4.69) is 0 Å². The van der Waals surface area contributed by atoms with E-state index in [4.69, 9.17) is 11.6 Å². The Labute approximate surface area is 89.1 Å². The number of hydrogen-bond donors (Lipinski definition) is 0. The van der Waals surface area contributed by atoms with Gasteiger partial charge in [-0.15, -0.1) is 0 Å². The van der Waals surface area contributed by atoms with Gasteiger partial charge in [-0.3, -0.25) is 20.2 Å². The van der Waals surface area contributed by atoms with Crippen LogP contribution in [0.3, 0.4) is 0 Å². The van der Waals surface area contributed by atoms with E-state index in [1.54, 1.807) is 0 Å². The first-order chi connectivity index (χ1) is 7.00. The molecule has 0 aromatic heterocycles. The molecule has 0 fully saturated rings. The maximum atomic E-state index is 10.4. The van der Waals surface area contributed by atoms with E-state index in [1.165, 1.54) is 18.2 Å². The second-order valence-electron chi connectivity index (χ2n) is 2.56. The zero-order valence-corrected chi connectivity index (χ0v) is 8.05. The second kappa shape index (κ2) is 4.52. The van der Waals surface area contributed by atoms with Gasteiger partial charge in [0.1, 0.15) is 0 Å². The van der Waals surface area contributed by atoms with Gasteiger partial charge in [0.2, 0.25) is 6.20 Å². The minimum absolute atomic E-state index is 0.0994. The van der Waals surface area contributed by atoms with Gasteiger partial charge in [0.25, 0.3) is 5.69 Å². The SMILES string of the molecule is O=[N+]([O-])C=Cc1ccc([N+](=O)[O-])cc1Cl. The van der Waals surface area contributed by atoms with Crippen LogP contribution in [0.5, 0.6) is 0 Å². The number of rotatable bonds is 3. The number of benzene rings is 1. The molecule has 0 spiro atoms. The van der Waals surface area contributed by atoms with Gasteiger partial charge in [-0.2, -0.15) is 0 Å². The highest BCUT2D eigenvalue weighted by atomic mass is 35.5. The lowest BCUT2D eigenvalue weighted by atomic mass is 10.2.